The van der Waals surface area contributed by atoms with E-state index in [0.717, 1.165) is 23.0 Å². The molecule has 4 rings (SSSR count). The first-order valence-corrected chi connectivity index (χ1v) is 7.70. The number of aromatic nitrogens is 1. The summed E-state index contributed by atoms with van der Waals surface area (Å²) in [5.41, 5.74) is 0.855. The van der Waals surface area contributed by atoms with E-state index < -0.39 is 0 Å². The number of benzene rings is 1. The van der Waals surface area contributed by atoms with Crippen molar-refractivity contribution in [2.75, 3.05) is 11.9 Å². The molecule has 2 fully saturated rings. The minimum atomic E-state index is -0.0376. The van der Waals surface area contributed by atoms with Crippen LogP contribution >= 0.6 is 0 Å². The van der Waals surface area contributed by atoms with Crippen LogP contribution in [0.1, 0.15) is 19.3 Å². The Balaban J connectivity index is 1.58. The van der Waals surface area contributed by atoms with E-state index in [1.165, 1.54) is 19.3 Å². The predicted molar refractivity (Wildman–Crippen MR) is 83.0 cm³/mol. The van der Waals surface area contributed by atoms with Crippen molar-refractivity contribution < 1.29 is 4.79 Å². The molecule has 1 saturated heterocycles. The molecule has 0 radical (unpaired) electrons. The summed E-state index contributed by atoms with van der Waals surface area (Å²) in [6.07, 6.45) is 7.28. The summed E-state index contributed by atoms with van der Waals surface area (Å²) in [5, 5.41) is 8.59. The third kappa shape index (κ3) is 2.20. The van der Waals surface area contributed by atoms with Gasteiger partial charge in [-0.05, 0) is 48.7 Å². The quantitative estimate of drug-likeness (QED) is 0.889. The zero-order valence-corrected chi connectivity index (χ0v) is 11.9. The van der Waals surface area contributed by atoms with Gasteiger partial charge < -0.3 is 10.6 Å². The van der Waals surface area contributed by atoms with Gasteiger partial charge in [-0.2, -0.15) is 0 Å². The maximum absolute atomic E-state index is 12.6. The van der Waals surface area contributed by atoms with Gasteiger partial charge in [0, 0.05) is 17.8 Å². The molecule has 2 aliphatic rings. The van der Waals surface area contributed by atoms with Crippen LogP contribution in [0.5, 0.6) is 0 Å². The molecule has 1 saturated carbocycles. The van der Waals surface area contributed by atoms with Gasteiger partial charge in [0.2, 0.25) is 5.91 Å². The Hall–Kier alpha value is -1.94. The van der Waals surface area contributed by atoms with Crippen molar-refractivity contribution >= 4 is 22.4 Å². The van der Waals surface area contributed by atoms with Crippen molar-refractivity contribution in [2.24, 2.45) is 11.8 Å². The Morgan fingerprint density at radius 2 is 2.24 bits per heavy atom. The predicted octanol–water partition coefficient (Wildman–Crippen LogP) is 2.56. The molecule has 21 heavy (non-hydrogen) atoms. The summed E-state index contributed by atoms with van der Waals surface area (Å²) < 4.78 is 0. The number of nitrogens with zero attached hydrogens (tertiary/aromatic N) is 1. The number of fused-ring (bicyclic) bond motifs is 2. The van der Waals surface area contributed by atoms with E-state index in [1.807, 2.05) is 30.5 Å². The molecule has 2 aromatic rings. The minimum absolute atomic E-state index is 0.0376. The Labute approximate surface area is 124 Å². The molecular formula is C17H19N3O. The summed E-state index contributed by atoms with van der Waals surface area (Å²) in [7, 11) is 0. The van der Waals surface area contributed by atoms with E-state index in [1.54, 1.807) is 6.20 Å². The molecule has 2 heterocycles. The van der Waals surface area contributed by atoms with Gasteiger partial charge in [0.25, 0.3) is 0 Å². The van der Waals surface area contributed by atoms with Crippen LogP contribution in [0.2, 0.25) is 0 Å². The Morgan fingerprint density at radius 3 is 3.19 bits per heavy atom. The van der Waals surface area contributed by atoms with Crippen molar-refractivity contribution in [2.45, 2.75) is 25.3 Å². The highest BCUT2D eigenvalue weighted by Crippen LogP contribution is 2.38. The van der Waals surface area contributed by atoms with E-state index in [9.17, 15) is 4.79 Å². The third-order valence-electron chi connectivity index (χ3n) is 4.97. The number of anilines is 1. The summed E-state index contributed by atoms with van der Waals surface area (Å²) in [5.74, 6) is 1.30. The Bertz CT molecular complexity index is 679. The van der Waals surface area contributed by atoms with Crippen molar-refractivity contribution in [3.05, 3.63) is 36.7 Å². The van der Waals surface area contributed by atoms with E-state index >= 15 is 0 Å². The van der Waals surface area contributed by atoms with E-state index in [4.69, 9.17) is 0 Å². The zero-order valence-electron chi connectivity index (χ0n) is 11.9. The summed E-state index contributed by atoms with van der Waals surface area (Å²) >= 11 is 0. The van der Waals surface area contributed by atoms with E-state index in [2.05, 4.69) is 15.6 Å². The van der Waals surface area contributed by atoms with E-state index in [0.29, 0.717) is 11.8 Å². The van der Waals surface area contributed by atoms with Crippen LogP contribution in [-0.2, 0) is 4.79 Å². The average Bonchev–Trinajstić information content (AvgIpc) is 3.10. The molecule has 1 aliphatic heterocycles. The summed E-state index contributed by atoms with van der Waals surface area (Å²) in [4.78, 5) is 16.8. The highest BCUT2D eigenvalue weighted by molar-refractivity contribution is 6.03. The molecule has 1 aromatic heterocycles. The van der Waals surface area contributed by atoms with Crippen molar-refractivity contribution in [3.63, 3.8) is 0 Å². The fraction of sp³-hybridized carbons (Fsp3) is 0.412. The van der Waals surface area contributed by atoms with Gasteiger partial charge >= 0.3 is 0 Å². The van der Waals surface area contributed by atoms with Crippen molar-refractivity contribution in [1.29, 1.82) is 0 Å². The van der Waals surface area contributed by atoms with Gasteiger partial charge in [-0.3, -0.25) is 9.78 Å². The van der Waals surface area contributed by atoms with Gasteiger partial charge in [0.1, 0.15) is 0 Å². The molecule has 4 nitrogen and oxygen atoms in total. The fourth-order valence-corrected chi connectivity index (χ4v) is 3.91. The Morgan fingerprint density at radius 1 is 1.29 bits per heavy atom. The van der Waals surface area contributed by atoms with Crippen LogP contribution in [0.4, 0.5) is 5.69 Å². The standard InChI is InChI=1S/C17H19N3O/c21-17(16-13-5-1-4-12(13)9-19-16)20-15-6-2-3-11-7-8-18-10-14(11)15/h2-3,6-8,10,12-13,16,19H,1,4-5,9H2,(H,20,21). The SMILES string of the molecule is O=C(Nc1cccc2ccncc12)C1NCC2CCCC21. The van der Waals surface area contributed by atoms with Gasteiger partial charge in [-0.15, -0.1) is 0 Å². The second-order valence-electron chi connectivity index (χ2n) is 6.13. The van der Waals surface area contributed by atoms with Crippen LogP contribution in [0.3, 0.4) is 0 Å². The molecule has 0 bridgehead atoms. The number of nitrogens with one attached hydrogen (secondary N) is 2. The molecule has 0 spiro atoms. The van der Waals surface area contributed by atoms with Crippen LogP contribution < -0.4 is 10.6 Å². The fourth-order valence-electron chi connectivity index (χ4n) is 3.91. The second kappa shape index (κ2) is 5.11. The number of rotatable bonds is 2. The minimum Gasteiger partial charge on any atom is -0.324 e. The number of amides is 1. The van der Waals surface area contributed by atoms with Gasteiger partial charge in [-0.25, -0.2) is 0 Å². The highest BCUT2D eigenvalue weighted by Gasteiger charge is 2.42. The first-order chi connectivity index (χ1) is 10.3. The summed E-state index contributed by atoms with van der Waals surface area (Å²) in [6.45, 7) is 0.986. The molecular weight excluding hydrogens is 262 g/mol. The van der Waals surface area contributed by atoms with Gasteiger partial charge in [0.15, 0.2) is 0 Å². The van der Waals surface area contributed by atoms with Crippen LogP contribution in [0.15, 0.2) is 36.7 Å². The smallest absolute Gasteiger partial charge is 0.241 e. The van der Waals surface area contributed by atoms with Gasteiger partial charge in [0.05, 0.1) is 11.7 Å². The molecule has 3 atom stereocenters. The molecule has 1 amide bonds. The largest absolute Gasteiger partial charge is 0.324 e. The molecule has 108 valence electrons. The number of hydrogen-bond donors (Lipinski definition) is 2. The molecule has 3 unspecified atom stereocenters. The molecule has 4 heteroatoms. The normalized spacial score (nSPS) is 27.7. The lowest BCUT2D eigenvalue weighted by Crippen LogP contribution is -2.39. The zero-order chi connectivity index (χ0) is 14.2. The lowest BCUT2D eigenvalue weighted by Gasteiger charge is -2.18. The molecule has 2 N–H and O–H groups in total. The Kier molecular flexibility index (Phi) is 3.11. The second-order valence-corrected chi connectivity index (χ2v) is 6.13. The van der Waals surface area contributed by atoms with E-state index in [-0.39, 0.29) is 11.9 Å². The molecule has 1 aliphatic carbocycles. The van der Waals surface area contributed by atoms with Crippen LogP contribution in [0, 0.1) is 11.8 Å². The number of pyridine rings is 1. The topological polar surface area (TPSA) is 54.0 Å². The maximum atomic E-state index is 12.6. The van der Waals surface area contributed by atoms with Gasteiger partial charge in [-0.1, -0.05) is 18.6 Å². The van der Waals surface area contributed by atoms with Crippen molar-refractivity contribution in [1.82, 2.24) is 10.3 Å². The van der Waals surface area contributed by atoms with Crippen LogP contribution in [-0.4, -0.2) is 23.5 Å². The molecule has 1 aromatic carbocycles. The first-order valence-electron chi connectivity index (χ1n) is 7.70. The maximum Gasteiger partial charge on any atom is 0.241 e. The van der Waals surface area contributed by atoms with Crippen molar-refractivity contribution in [3.8, 4) is 0 Å². The van der Waals surface area contributed by atoms with Crippen LogP contribution in [0.25, 0.3) is 10.8 Å². The first kappa shape index (κ1) is 12.8. The highest BCUT2D eigenvalue weighted by atomic mass is 16.2. The average molecular weight is 281 g/mol. The summed E-state index contributed by atoms with van der Waals surface area (Å²) in [6, 6.07) is 7.88. The third-order valence-corrected chi connectivity index (χ3v) is 4.97. The lowest BCUT2D eigenvalue weighted by atomic mass is 9.93. The number of carbonyl (C=O) groups is 1. The lowest BCUT2D eigenvalue weighted by molar-refractivity contribution is -0.118. The number of carbonyl (C=O) groups excluding carboxylic acids is 1. The monoisotopic (exact) mass is 281 g/mol. The number of hydrogen-bond acceptors (Lipinski definition) is 3.